The highest BCUT2D eigenvalue weighted by Gasteiger charge is 2.11. The van der Waals surface area contributed by atoms with E-state index in [1.54, 1.807) is 24.3 Å². The highest BCUT2D eigenvalue weighted by Crippen LogP contribution is 2.05. The van der Waals surface area contributed by atoms with E-state index < -0.39 is 0 Å². The van der Waals surface area contributed by atoms with Crippen LogP contribution >= 0.6 is 0 Å². The summed E-state index contributed by atoms with van der Waals surface area (Å²) in [6.45, 7) is 4.06. The van der Waals surface area contributed by atoms with Gasteiger partial charge in [0.25, 0.3) is 5.56 Å². The second-order valence-electron chi connectivity index (χ2n) is 5.89. The zero-order valence-corrected chi connectivity index (χ0v) is 13.8. The van der Waals surface area contributed by atoms with Gasteiger partial charge in [0, 0.05) is 6.04 Å². The van der Waals surface area contributed by atoms with Crippen LogP contribution < -0.4 is 10.9 Å². The van der Waals surface area contributed by atoms with Crippen molar-refractivity contribution >= 4 is 16.8 Å². The molecule has 0 spiro atoms. The Balaban J connectivity index is 1.93. The number of hydrogen-bond donors (Lipinski definition) is 1. The standard InChI is InChI=1S/C17H24N4O2/c1-3-4-5-6-9-13(2)18-16(22)12-21-17(23)14-10-7-8-11-15(14)19-20-21/h7-8,10-11,13H,3-6,9,12H2,1-2H3,(H,18,22)/t13-/m0/s1. The summed E-state index contributed by atoms with van der Waals surface area (Å²) in [5.41, 5.74) is 0.250. The van der Waals surface area contributed by atoms with Crippen LogP contribution in [-0.4, -0.2) is 26.9 Å². The summed E-state index contributed by atoms with van der Waals surface area (Å²) in [5.74, 6) is -0.209. The zero-order chi connectivity index (χ0) is 16.7. The largest absolute Gasteiger partial charge is 0.352 e. The van der Waals surface area contributed by atoms with Crippen molar-refractivity contribution in [1.82, 2.24) is 20.3 Å². The Labute approximate surface area is 135 Å². The average Bonchev–Trinajstić information content (AvgIpc) is 2.54. The summed E-state index contributed by atoms with van der Waals surface area (Å²) in [6.07, 6.45) is 5.66. The molecular formula is C17H24N4O2. The maximum atomic E-state index is 12.3. The minimum absolute atomic E-state index is 0.100. The lowest BCUT2D eigenvalue weighted by Crippen LogP contribution is -2.38. The van der Waals surface area contributed by atoms with Gasteiger partial charge in [-0.1, -0.05) is 50.0 Å². The molecule has 2 rings (SSSR count). The summed E-state index contributed by atoms with van der Waals surface area (Å²) in [7, 11) is 0. The number of carbonyl (C=O) groups excluding carboxylic acids is 1. The van der Waals surface area contributed by atoms with Crippen LogP contribution in [0.2, 0.25) is 0 Å². The van der Waals surface area contributed by atoms with Crippen molar-refractivity contribution in [2.24, 2.45) is 0 Å². The molecule has 6 heteroatoms. The van der Waals surface area contributed by atoms with Crippen LogP contribution in [0.15, 0.2) is 29.1 Å². The van der Waals surface area contributed by atoms with E-state index in [0.29, 0.717) is 10.9 Å². The Morgan fingerprint density at radius 3 is 2.83 bits per heavy atom. The monoisotopic (exact) mass is 316 g/mol. The molecule has 0 aliphatic rings. The van der Waals surface area contributed by atoms with E-state index in [4.69, 9.17) is 0 Å². The predicted molar refractivity (Wildman–Crippen MR) is 90.2 cm³/mol. The lowest BCUT2D eigenvalue weighted by Gasteiger charge is -2.14. The molecule has 2 aromatic rings. The van der Waals surface area contributed by atoms with Crippen molar-refractivity contribution in [2.75, 3.05) is 0 Å². The number of aromatic nitrogens is 3. The Kier molecular flexibility index (Phi) is 6.26. The van der Waals surface area contributed by atoms with Gasteiger partial charge >= 0.3 is 0 Å². The van der Waals surface area contributed by atoms with Crippen molar-refractivity contribution in [3.05, 3.63) is 34.6 Å². The third-order valence-corrected chi connectivity index (χ3v) is 3.82. The van der Waals surface area contributed by atoms with Crippen LogP contribution in [0.4, 0.5) is 0 Å². The van der Waals surface area contributed by atoms with E-state index in [0.717, 1.165) is 17.5 Å². The molecule has 23 heavy (non-hydrogen) atoms. The molecule has 1 aromatic heterocycles. The Morgan fingerprint density at radius 2 is 2.04 bits per heavy atom. The van der Waals surface area contributed by atoms with Crippen LogP contribution in [0.5, 0.6) is 0 Å². The molecule has 0 aliphatic carbocycles. The van der Waals surface area contributed by atoms with Crippen molar-refractivity contribution in [3.63, 3.8) is 0 Å². The molecule has 0 bridgehead atoms. The molecule has 0 aliphatic heterocycles. The van der Waals surface area contributed by atoms with Crippen LogP contribution in [-0.2, 0) is 11.3 Å². The first kappa shape index (κ1) is 17.1. The highest BCUT2D eigenvalue weighted by atomic mass is 16.2. The van der Waals surface area contributed by atoms with Gasteiger partial charge in [0.05, 0.1) is 5.39 Å². The first-order valence-corrected chi connectivity index (χ1v) is 8.23. The van der Waals surface area contributed by atoms with Gasteiger partial charge in [0.1, 0.15) is 12.1 Å². The van der Waals surface area contributed by atoms with E-state index in [-0.39, 0.29) is 24.1 Å². The van der Waals surface area contributed by atoms with Crippen molar-refractivity contribution in [1.29, 1.82) is 0 Å². The molecule has 1 atom stereocenters. The number of nitrogens with zero attached hydrogens (tertiary/aromatic N) is 3. The predicted octanol–water partition coefficient (Wildman–Crippen LogP) is 2.27. The molecule has 6 nitrogen and oxygen atoms in total. The van der Waals surface area contributed by atoms with Gasteiger partial charge in [0.15, 0.2) is 0 Å². The molecule has 0 saturated carbocycles. The third kappa shape index (κ3) is 4.87. The summed E-state index contributed by atoms with van der Waals surface area (Å²) >= 11 is 0. The summed E-state index contributed by atoms with van der Waals surface area (Å²) in [4.78, 5) is 24.3. The fourth-order valence-electron chi connectivity index (χ4n) is 2.53. The topological polar surface area (TPSA) is 76.9 Å². The molecule has 0 saturated heterocycles. The second-order valence-corrected chi connectivity index (χ2v) is 5.89. The highest BCUT2D eigenvalue weighted by molar-refractivity contribution is 5.78. The maximum Gasteiger partial charge on any atom is 0.278 e. The lowest BCUT2D eigenvalue weighted by molar-refractivity contribution is -0.122. The lowest BCUT2D eigenvalue weighted by atomic mass is 10.1. The van der Waals surface area contributed by atoms with Gasteiger partial charge in [-0.3, -0.25) is 9.59 Å². The summed E-state index contributed by atoms with van der Waals surface area (Å²) < 4.78 is 1.11. The van der Waals surface area contributed by atoms with E-state index >= 15 is 0 Å². The van der Waals surface area contributed by atoms with E-state index in [1.807, 2.05) is 6.92 Å². The number of amides is 1. The first-order valence-electron chi connectivity index (χ1n) is 8.23. The molecule has 1 aromatic carbocycles. The van der Waals surface area contributed by atoms with Gasteiger partial charge in [0.2, 0.25) is 5.91 Å². The SMILES string of the molecule is CCCCCC[C@H](C)NC(=O)Cn1nnc2ccccc2c1=O. The van der Waals surface area contributed by atoms with Gasteiger partial charge in [-0.2, -0.15) is 0 Å². The summed E-state index contributed by atoms with van der Waals surface area (Å²) in [5, 5.41) is 11.2. The Hall–Kier alpha value is -2.24. The fraction of sp³-hybridized carbons (Fsp3) is 0.529. The smallest absolute Gasteiger partial charge is 0.278 e. The molecule has 1 heterocycles. The van der Waals surface area contributed by atoms with Crippen molar-refractivity contribution in [3.8, 4) is 0 Å². The quantitative estimate of drug-likeness (QED) is 0.758. The number of rotatable bonds is 8. The van der Waals surface area contributed by atoms with Gasteiger partial charge in [-0.25, -0.2) is 4.68 Å². The van der Waals surface area contributed by atoms with Crippen molar-refractivity contribution < 1.29 is 4.79 Å². The molecular weight excluding hydrogens is 292 g/mol. The second kappa shape index (κ2) is 8.41. The van der Waals surface area contributed by atoms with Gasteiger partial charge in [-0.05, 0) is 25.5 Å². The minimum atomic E-state index is -0.290. The number of benzene rings is 1. The van der Waals surface area contributed by atoms with Crippen LogP contribution in [0.1, 0.15) is 46.0 Å². The molecule has 0 radical (unpaired) electrons. The van der Waals surface area contributed by atoms with Crippen LogP contribution in [0, 0.1) is 0 Å². The normalized spacial score (nSPS) is 12.3. The maximum absolute atomic E-state index is 12.3. The third-order valence-electron chi connectivity index (χ3n) is 3.82. The Morgan fingerprint density at radius 1 is 1.26 bits per heavy atom. The molecule has 0 fully saturated rings. The average molecular weight is 316 g/mol. The molecule has 0 unspecified atom stereocenters. The molecule has 1 amide bonds. The van der Waals surface area contributed by atoms with E-state index in [1.165, 1.54) is 19.3 Å². The van der Waals surface area contributed by atoms with Crippen LogP contribution in [0.25, 0.3) is 10.9 Å². The first-order chi connectivity index (χ1) is 11.1. The van der Waals surface area contributed by atoms with E-state index in [2.05, 4.69) is 22.6 Å². The van der Waals surface area contributed by atoms with Crippen LogP contribution in [0.3, 0.4) is 0 Å². The summed E-state index contributed by atoms with van der Waals surface area (Å²) in [6, 6.07) is 7.09. The zero-order valence-electron chi connectivity index (χ0n) is 13.8. The number of nitrogens with one attached hydrogen (secondary N) is 1. The number of hydrogen-bond acceptors (Lipinski definition) is 4. The fourth-order valence-corrected chi connectivity index (χ4v) is 2.53. The Bertz CT molecular complexity index is 711. The molecule has 124 valence electrons. The number of unbranched alkanes of at least 4 members (excludes halogenated alkanes) is 3. The van der Waals surface area contributed by atoms with Gasteiger partial charge < -0.3 is 5.32 Å². The van der Waals surface area contributed by atoms with Crippen molar-refractivity contribution in [2.45, 2.75) is 58.5 Å². The van der Waals surface area contributed by atoms with Gasteiger partial charge in [-0.15, -0.1) is 5.10 Å². The minimum Gasteiger partial charge on any atom is -0.352 e. The molecule has 1 N–H and O–H groups in total. The number of fused-ring (bicyclic) bond motifs is 1. The number of carbonyl (C=O) groups is 1. The van der Waals surface area contributed by atoms with E-state index in [9.17, 15) is 9.59 Å².